The van der Waals surface area contributed by atoms with Crippen molar-refractivity contribution >= 4 is 12.0 Å². The fourth-order valence-electron chi connectivity index (χ4n) is 2.63. The van der Waals surface area contributed by atoms with Crippen LogP contribution in [0.3, 0.4) is 0 Å². The van der Waals surface area contributed by atoms with Crippen LogP contribution in [-0.4, -0.2) is 22.0 Å². The minimum Gasteiger partial charge on any atom is -0.352 e. The summed E-state index contributed by atoms with van der Waals surface area (Å²) in [4.78, 5) is 16.3. The first-order valence-electron chi connectivity index (χ1n) is 8.46. The van der Waals surface area contributed by atoms with Crippen LogP contribution in [0.1, 0.15) is 17.0 Å². The molecule has 0 aliphatic carbocycles. The van der Waals surface area contributed by atoms with Crippen molar-refractivity contribution in [2.24, 2.45) is 0 Å². The lowest BCUT2D eigenvalue weighted by Gasteiger charge is -2.08. The SMILES string of the molecule is O=C(/C=C/c1cccc(F)c1)NCCc1nccn1Cc1ccccc1. The van der Waals surface area contributed by atoms with E-state index in [0.717, 1.165) is 12.4 Å². The Morgan fingerprint density at radius 2 is 2.00 bits per heavy atom. The largest absolute Gasteiger partial charge is 0.352 e. The van der Waals surface area contributed by atoms with Crippen molar-refractivity contribution < 1.29 is 9.18 Å². The number of benzene rings is 2. The molecular formula is C21H20FN3O. The number of nitrogens with one attached hydrogen (secondary N) is 1. The van der Waals surface area contributed by atoms with E-state index in [0.29, 0.717) is 18.5 Å². The highest BCUT2D eigenvalue weighted by atomic mass is 19.1. The molecule has 0 fully saturated rings. The summed E-state index contributed by atoms with van der Waals surface area (Å²) in [6.07, 6.45) is 7.34. The van der Waals surface area contributed by atoms with Gasteiger partial charge in [0.05, 0.1) is 0 Å². The van der Waals surface area contributed by atoms with Crippen molar-refractivity contribution in [2.75, 3.05) is 6.54 Å². The molecule has 4 nitrogen and oxygen atoms in total. The summed E-state index contributed by atoms with van der Waals surface area (Å²) in [5.74, 6) is 0.386. The Morgan fingerprint density at radius 3 is 2.81 bits per heavy atom. The lowest BCUT2D eigenvalue weighted by Crippen LogP contribution is -2.24. The lowest BCUT2D eigenvalue weighted by molar-refractivity contribution is -0.116. The predicted molar refractivity (Wildman–Crippen MR) is 99.9 cm³/mol. The molecule has 0 aliphatic rings. The highest BCUT2D eigenvalue weighted by Crippen LogP contribution is 2.06. The van der Waals surface area contributed by atoms with Crippen LogP contribution in [0.15, 0.2) is 73.1 Å². The fourth-order valence-corrected chi connectivity index (χ4v) is 2.63. The number of hydrogen-bond donors (Lipinski definition) is 1. The number of amides is 1. The van der Waals surface area contributed by atoms with E-state index in [1.165, 1.54) is 23.8 Å². The van der Waals surface area contributed by atoms with E-state index >= 15 is 0 Å². The van der Waals surface area contributed by atoms with E-state index in [1.54, 1.807) is 24.4 Å². The number of halogens is 1. The molecule has 0 aliphatic heterocycles. The lowest BCUT2D eigenvalue weighted by atomic mass is 10.2. The first-order chi connectivity index (χ1) is 12.7. The quantitative estimate of drug-likeness (QED) is 0.664. The molecule has 132 valence electrons. The van der Waals surface area contributed by atoms with Gasteiger partial charge in [-0.15, -0.1) is 0 Å². The summed E-state index contributed by atoms with van der Waals surface area (Å²) >= 11 is 0. The summed E-state index contributed by atoms with van der Waals surface area (Å²) in [7, 11) is 0. The number of aromatic nitrogens is 2. The average Bonchev–Trinajstić information content (AvgIpc) is 3.08. The van der Waals surface area contributed by atoms with Crippen LogP contribution in [0.5, 0.6) is 0 Å². The van der Waals surface area contributed by atoms with E-state index in [2.05, 4.69) is 27.0 Å². The zero-order valence-electron chi connectivity index (χ0n) is 14.3. The maximum absolute atomic E-state index is 13.1. The molecule has 1 heterocycles. The van der Waals surface area contributed by atoms with Gasteiger partial charge < -0.3 is 9.88 Å². The van der Waals surface area contributed by atoms with E-state index in [9.17, 15) is 9.18 Å². The molecule has 0 spiro atoms. The van der Waals surface area contributed by atoms with Crippen molar-refractivity contribution in [3.63, 3.8) is 0 Å². The second-order valence-electron chi connectivity index (χ2n) is 5.89. The molecule has 0 radical (unpaired) electrons. The van der Waals surface area contributed by atoms with E-state index < -0.39 is 0 Å². The standard InChI is InChI=1S/C21H20FN3O/c22-19-8-4-7-17(15-19)9-10-21(26)24-12-11-20-23-13-14-25(20)16-18-5-2-1-3-6-18/h1-10,13-15H,11-12,16H2,(H,24,26)/b10-9+. The number of hydrogen-bond acceptors (Lipinski definition) is 2. The van der Waals surface area contributed by atoms with Crippen LogP contribution in [0.25, 0.3) is 6.08 Å². The Hall–Kier alpha value is -3.21. The normalized spacial score (nSPS) is 11.0. The zero-order valence-corrected chi connectivity index (χ0v) is 14.3. The molecule has 3 rings (SSSR count). The van der Waals surface area contributed by atoms with Crippen LogP contribution in [0.4, 0.5) is 4.39 Å². The van der Waals surface area contributed by atoms with Gasteiger partial charge in [0.1, 0.15) is 11.6 Å². The van der Waals surface area contributed by atoms with Crippen molar-refractivity contribution in [1.29, 1.82) is 0 Å². The first kappa shape index (κ1) is 17.6. The number of carbonyl (C=O) groups is 1. The summed E-state index contributed by atoms with van der Waals surface area (Å²) in [5.41, 5.74) is 1.85. The first-order valence-corrected chi connectivity index (χ1v) is 8.46. The van der Waals surface area contributed by atoms with Gasteiger partial charge in [-0.05, 0) is 29.3 Å². The van der Waals surface area contributed by atoms with Gasteiger partial charge in [0.15, 0.2) is 0 Å². The van der Waals surface area contributed by atoms with Crippen molar-refractivity contribution in [1.82, 2.24) is 14.9 Å². The third-order valence-electron chi connectivity index (χ3n) is 3.92. The van der Waals surface area contributed by atoms with Crippen molar-refractivity contribution in [3.05, 3.63) is 95.8 Å². The third-order valence-corrected chi connectivity index (χ3v) is 3.92. The molecule has 0 bridgehead atoms. The molecule has 0 unspecified atom stereocenters. The summed E-state index contributed by atoms with van der Waals surface area (Å²) < 4.78 is 15.2. The van der Waals surface area contributed by atoms with Crippen LogP contribution >= 0.6 is 0 Å². The molecular weight excluding hydrogens is 329 g/mol. The molecule has 26 heavy (non-hydrogen) atoms. The van der Waals surface area contributed by atoms with Gasteiger partial charge in [-0.3, -0.25) is 4.79 Å². The Bertz CT molecular complexity index is 887. The number of carbonyl (C=O) groups excluding carboxylic acids is 1. The van der Waals surface area contributed by atoms with Gasteiger partial charge in [-0.1, -0.05) is 42.5 Å². The summed E-state index contributed by atoms with van der Waals surface area (Å²) in [6, 6.07) is 16.3. The Kier molecular flexibility index (Phi) is 5.93. The van der Waals surface area contributed by atoms with Crippen molar-refractivity contribution in [2.45, 2.75) is 13.0 Å². The molecule has 3 aromatic rings. The molecule has 5 heteroatoms. The van der Waals surface area contributed by atoms with Crippen LogP contribution < -0.4 is 5.32 Å². The topological polar surface area (TPSA) is 46.9 Å². The van der Waals surface area contributed by atoms with Crippen molar-refractivity contribution in [3.8, 4) is 0 Å². The predicted octanol–water partition coefficient (Wildman–Crippen LogP) is 3.44. The smallest absolute Gasteiger partial charge is 0.244 e. The highest BCUT2D eigenvalue weighted by Gasteiger charge is 2.04. The maximum atomic E-state index is 13.1. The fraction of sp³-hybridized carbons (Fsp3) is 0.143. The molecule has 1 aromatic heterocycles. The third kappa shape index (κ3) is 5.14. The van der Waals surface area contributed by atoms with Crippen LogP contribution in [-0.2, 0) is 17.8 Å². The number of nitrogens with zero attached hydrogens (tertiary/aromatic N) is 2. The van der Waals surface area contributed by atoms with Gasteiger partial charge >= 0.3 is 0 Å². The van der Waals surface area contributed by atoms with Crippen LogP contribution in [0, 0.1) is 5.82 Å². The Balaban J connectivity index is 1.49. The Labute approximate surface area is 152 Å². The van der Waals surface area contributed by atoms with E-state index in [-0.39, 0.29) is 11.7 Å². The molecule has 0 saturated heterocycles. The van der Waals surface area contributed by atoms with Gasteiger partial charge in [-0.2, -0.15) is 0 Å². The van der Waals surface area contributed by atoms with Crippen LogP contribution in [0.2, 0.25) is 0 Å². The molecule has 0 atom stereocenters. The van der Waals surface area contributed by atoms with Gasteiger partial charge in [-0.25, -0.2) is 9.37 Å². The molecule has 1 N–H and O–H groups in total. The van der Waals surface area contributed by atoms with Gasteiger partial charge in [0.2, 0.25) is 5.91 Å². The Morgan fingerprint density at radius 1 is 1.15 bits per heavy atom. The van der Waals surface area contributed by atoms with Gasteiger partial charge in [0, 0.05) is 38.0 Å². The minimum absolute atomic E-state index is 0.213. The summed E-state index contributed by atoms with van der Waals surface area (Å²) in [5, 5.41) is 2.82. The highest BCUT2D eigenvalue weighted by molar-refractivity contribution is 5.91. The molecule has 1 amide bonds. The second kappa shape index (κ2) is 8.76. The summed E-state index contributed by atoms with van der Waals surface area (Å²) in [6.45, 7) is 1.24. The zero-order chi connectivity index (χ0) is 18.2. The number of rotatable bonds is 7. The molecule has 0 saturated carbocycles. The van der Waals surface area contributed by atoms with Gasteiger partial charge in [0.25, 0.3) is 0 Å². The average molecular weight is 349 g/mol. The maximum Gasteiger partial charge on any atom is 0.244 e. The second-order valence-corrected chi connectivity index (χ2v) is 5.89. The number of imidazole rings is 1. The monoisotopic (exact) mass is 349 g/mol. The van der Waals surface area contributed by atoms with E-state index in [1.807, 2.05) is 24.4 Å². The van der Waals surface area contributed by atoms with E-state index in [4.69, 9.17) is 0 Å². The minimum atomic E-state index is -0.321. The molecule has 2 aromatic carbocycles.